The van der Waals surface area contributed by atoms with Crippen molar-refractivity contribution in [3.8, 4) is 5.75 Å². The first-order chi connectivity index (χ1) is 17.8. The zero-order valence-electron chi connectivity index (χ0n) is 21.1. The number of urea groups is 1. The molecule has 1 aliphatic heterocycles. The van der Waals surface area contributed by atoms with Crippen LogP contribution < -0.4 is 21.7 Å². The molecule has 0 unspecified atom stereocenters. The van der Waals surface area contributed by atoms with Crippen molar-refractivity contribution in [3.63, 3.8) is 0 Å². The van der Waals surface area contributed by atoms with Crippen LogP contribution >= 0.6 is 0 Å². The molecule has 2 heterocycles. The number of phenols is 1. The zero-order chi connectivity index (χ0) is 26.4. The molecule has 37 heavy (non-hydrogen) atoms. The summed E-state index contributed by atoms with van der Waals surface area (Å²) in [5.41, 5.74) is 8.54. The number of likely N-dealkylation sites (N-methyl/N-ethyl adjacent to an activating group) is 1. The Hall–Kier alpha value is -4.31. The number of aromatic hydroxyl groups is 1. The summed E-state index contributed by atoms with van der Waals surface area (Å²) in [4.78, 5) is 32.9. The largest absolute Gasteiger partial charge is 0.508 e. The van der Waals surface area contributed by atoms with Crippen LogP contribution in [0.25, 0.3) is 0 Å². The van der Waals surface area contributed by atoms with Gasteiger partial charge in [-0.25, -0.2) is 9.78 Å². The van der Waals surface area contributed by atoms with Gasteiger partial charge < -0.3 is 36.6 Å². The first kappa shape index (κ1) is 25.8. The third-order valence-electron chi connectivity index (χ3n) is 6.44. The van der Waals surface area contributed by atoms with Crippen molar-refractivity contribution in [2.24, 2.45) is 5.73 Å². The summed E-state index contributed by atoms with van der Waals surface area (Å²) >= 11 is 0. The molecule has 1 fully saturated rings. The molecular weight excluding hydrogens is 470 g/mol. The summed E-state index contributed by atoms with van der Waals surface area (Å²) in [5, 5.41) is 19.4. The summed E-state index contributed by atoms with van der Waals surface area (Å²) in [6.45, 7) is 1.91. The number of hydrogen-bond acceptors (Lipinski definition) is 7. The van der Waals surface area contributed by atoms with Gasteiger partial charge in [-0.1, -0.05) is 24.3 Å². The van der Waals surface area contributed by atoms with E-state index < -0.39 is 5.91 Å². The number of benzene rings is 2. The minimum absolute atomic E-state index is 0.124. The Morgan fingerprint density at radius 1 is 1.14 bits per heavy atom. The zero-order valence-corrected chi connectivity index (χ0v) is 21.1. The standard InChI is InChI=1S/C27H33N7O3/c1-33(2)21-11-13-34(17-21)27(37)32-20-8-5-7-19(14-20)31-25-15-23(22(16-30-25)26(28)36)29-12-10-18-6-3-4-9-24(18)35/h3-9,14-16,21,35H,10-13,17H2,1-2H3,(H2,28,36)(H,32,37)(H2,29,30,31)/t21-/m1/s1. The van der Waals surface area contributed by atoms with Crippen LogP contribution in [0.5, 0.6) is 5.75 Å². The lowest BCUT2D eigenvalue weighted by Crippen LogP contribution is -2.36. The lowest BCUT2D eigenvalue weighted by Gasteiger charge is -2.21. The van der Waals surface area contributed by atoms with Gasteiger partial charge in [-0.2, -0.15) is 0 Å². The van der Waals surface area contributed by atoms with Gasteiger partial charge in [0.05, 0.1) is 11.3 Å². The van der Waals surface area contributed by atoms with Crippen LogP contribution in [0.15, 0.2) is 60.8 Å². The highest BCUT2D eigenvalue weighted by Gasteiger charge is 2.27. The number of nitrogens with one attached hydrogen (secondary N) is 3. The normalized spacial score (nSPS) is 15.0. The van der Waals surface area contributed by atoms with Crippen molar-refractivity contribution in [2.45, 2.75) is 18.9 Å². The van der Waals surface area contributed by atoms with E-state index in [1.54, 1.807) is 18.2 Å². The van der Waals surface area contributed by atoms with Crippen LogP contribution in [0.4, 0.5) is 27.7 Å². The molecular formula is C27H33N7O3. The van der Waals surface area contributed by atoms with Crippen molar-refractivity contribution in [1.29, 1.82) is 0 Å². The van der Waals surface area contributed by atoms with Crippen LogP contribution in [0.3, 0.4) is 0 Å². The van der Waals surface area contributed by atoms with Crippen molar-refractivity contribution >= 4 is 34.8 Å². The lowest BCUT2D eigenvalue weighted by atomic mass is 10.1. The molecule has 1 saturated heterocycles. The fourth-order valence-corrected chi connectivity index (χ4v) is 4.29. The number of nitrogens with zero attached hydrogens (tertiary/aromatic N) is 3. The van der Waals surface area contributed by atoms with Crippen LogP contribution in [0.2, 0.25) is 0 Å². The molecule has 0 aliphatic carbocycles. The molecule has 0 radical (unpaired) electrons. The van der Waals surface area contributed by atoms with Gasteiger partial charge in [0.2, 0.25) is 0 Å². The first-order valence-corrected chi connectivity index (χ1v) is 12.2. The van der Waals surface area contributed by atoms with Gasteiger partial charge in [-0.05, 0) is 56.8 Å². The first-order valence-electron chi connectivity index (χ1n) is 12.2. The number of primary amides is 1. The van der Waals surface area contributed by atoms with Gasteiger partial charge in [-0.3, -0.25) is 4.79 Å². The van der Waals surface area contributed by atoms with E-state index in [-0.39, 0.29) is 17.3 Å². The quantitative estimate of drug-likeness (QED) is 0.302. The van der Waals surface area contributed by atoms with Crippen molar-refractivity contribution in [1.82, 2.24) is 14.8 Å². The van der Waals surface area contributed by atoms with Gasteiger partial charge in [0.25, 0.3) is 5.91 Å². The molecule has 1 aromatic heterocycles. The molecule has 3 amide bonds. The van der Waals surface area contributed by atoms with E-state index in [2.05, 4.69) is 25.8 Å². The number of phenolic OH excluding ortho intramolecular Hbond substituents is 1. The summed E-state index contributed by atoms with van der Waals surface area (Å²) in [7, 11) is 4.06. The third-order valence-corrected chi connectivity index (χ3v) is 6.44. The highest BCUT2D eigenvalue weighted by molar-refractivity contribution is 5.98. The molecule has 1 aliphatic rings. The fraction of sp³-hybridized carbons (Fsp3) is 0.296. The predicted molar refractivity (Wildman–Crippen MR) is 145 cm³/mol. The summed E-state index contributed by atoms with van der Waals surface area (Å²) in [5.74, 6) is 0.143. The Morgan fingerprint density at radius 2 is 1.92 bits per heavy atom. The number of para-hydroxylation sites is 1. The number of carbonyl (C=O) groups excluding carboxylic acids is 2. The van der Waals surface area contributed by atoms with E-state index in [4.69, 9.17) is 5.73 Å². The molecule has 2 aromatic carbocycles. The van der Waals surface area contributed by atoms with Gasteiger partial charge >= 0.3 is 6.03 Å². The molecule has 6 N–H and O–H groups in total. The molecule has 4 rings (SSSR count). The molecule has 0 bridgehead atoms. The highest BCUT2D eigenvalue weighted by Crippen LogP contribution is 2.24. The van der Waals surface area contributed by atoms with Crippen molar-refractivity contribution in [3.05, 3.63) is 71.9 Å². The van der Waals surface area contributed by atoms with Crippen LogP contribution in [-0.4, -0.2) is 71.6 Å². The molecule has 194 valence electrons. The van der Waals surface area contributed by atoms with E-state index in [0.29, 0.717) is 42.7 Å². The highest BCUT2D eigenvalue weighted by atomic mass is 16.3. The maximum atomic E-state index is 12.7. The summed E-state index contributed by atoms with van der Waals surface area (Å²) in [6, 6.07) is 16.4. The number of pyridine rings is 1. The molecule has 0 spiro atoms. The van der Waals surface area contributed by atoms with Crippen molar-refractivity contribution < 1.29 is 14.7 Å². The molecule has 10 nitrogen and oxygen atoms in total. The maximum Gasteiger partial charge on any atom is 0.321 e. The van der Waals surface area contributed by atoms with Crippen molar-refractivity contribution in [2.75, 3.05) is 49.7 Å². The number of likely N-dealkylation sites (tertiary alicyclic amines) is 1. The monoisotopic (exact) mass is 503 g/mol. The van der Waals surface area contributed by atoms with Gasteiger partial charge in [-0.15, -0.1) is 0 Å². The number of nitrogens with two attached hydrogens (primary N) is 1. The third kappa shape index (κ3) is 6.68. The number of hydrogen-bond donors (Lipinski definition) is 5. The number of rotatable bonds is 9. The van der Waals surface area contributed by atoms with Crippen LogP contribution in [0.1, 0.15) is 22.3 Å². The summed E-state index contributed by atoms with van der Waals surface area (Å²) < 4.78 is 0. The van der Waals surface area contributed by atoms with Crippen LogP contribution in [-0.2, 0) is 6.42 Å². The smallest absolute Gasteiger partial charge is 0.321 e. The van der Waals surface area contributed by atoms with E-state index in [1.807, 2.05) is 55.4 Å². The molecule has 0 saturated carbocycles. The molecule has 1 atom stereocenters. The topological polar surface area (TPSA) is 136 Å². The second-order valence-corrected chi connectivity index (χ2v) is 9.27. The van der Waals surface area contributed by atoms with E-state index in [9.17, 15) is 14.7 Å². The average molecular weight is 504 g/mol. The minimum Gasteiger partial charge on any atom is -0.508 e. The Labute approximate surface area is 216 Å². The number of anilines is 4. The van der Waals surface area contributed by atoms with E-state index >= 15 is 0 Å². The summed E-state index contributed by atoms with van der Waals surface area (Å²) in [6.07, 6.45) is 2.94. The Morgan fingerprint density at radius 3 is 2.65 bits per heavy atom. The van der Waals surface area contributed by atoms with Gasteiger partial charge in [0, 0.05) is 49.3 Å². The number of carbonyl (C=O) groups is 2. The predicted octanol–water partition coefficient (Wildman–Crippen LogP) is 3.45. The molecule has 3 aromatic rings. The Kier molecular flexibility index (Phi) is 8.09. The lowest BCUT2D eigenvalue weighted by molar-refractivity contribution is 0.100. The second kappa shape index (κ2) is 11.6. The second-order valence-electron chi connectivity index (χ2n) is 9.27. The minimum atomic E-state index is -0.591. The number of aromatic nitrogens is 1. The average Bonchev–Trinajstić information content (AvgIpc) is 3.37. The molecule has 10 heteroatoms. The maximum absolute atomic E-state index is 12.7. The Balaban J connectivity index is 1.41. The van der Waals surface area contributed by atoms with Gasteiger partial charge in [0.1, 0.15) is 11.6 Å². The fourth-order valence-electron chi connectivity index (χ4n) is 4.29. The van der Waals surface area contributed by atoms with Gasteiger partial charge in [0.15, 0.2) is 0 Å². The Bertz CT molecular complexity index is 1260. The van der Waals surface area contributed by atoms with E-state index in [0.717, 1.165) is 24.2 Å². The number of amides is 3. The van der Waals surface area contributed by atoms with E-state index in [1.165, 1.54) is 6.20 Å². The SMILES string of the molecule is CN(C)[C@@H]1CCN(C(=O)Nc2cccc(Nc3cc(NCCc4ccccc4O)c(C(N)=O)cn3)c2)C1. The van der Waals surface area contributed by atoms with Crippen LogP contribution in [0, 0.1) is 0 Å².